The van der Waals surface area contributed by atoms with Gasteiger partial charge in [-0.05, 0) is 54.7 Å². The fraction of sp³-hybridized carbons (Fsp3) is 0.345. The zero-order valence-electron chi connectivity index (χ0n) is 23.0. The standard InChI is InChI=1S/C29H27Cl2F2NO9/c1-38-22-7-6-18(10-25(22)39-2)28(36)41-15-27(35)42-24(11-19-20(30)12-34(37)13-21(19)31)17-5-8-23(43-29(32)33)26(9-17)40-14-16-3-4-16/h5-10,12-13,16,24,29H,3-4,11,14-15H2,1-2H3/t24-/m0/s1. The highest BCUT2D eigenvalue weighted by molar-refractivity contribution is 6.35. The molecule has 2 aromatic carbocycles. The number of benzene rings is 2. The van der Waals surface area contributed by atoms with Gasteiger partial charge in [-0.25, -0.2) is 9.59 Å². The largest absolute Gasteiger partial charge is 0.619 e. The van der Waals surface area contributed by atoms with Crippen molar-refractivity contribution in [3.05, 3.63) is 80.7 Å². The number of carbonyl (C=O) groups is 2. The van der Waals surface area contributed by atoms with Crippen molar-refractivity contribution in [1.82, 2.24) is 0 Å². The Hall–Kier alpha value is -4.03. The van der Waals surface area contributed by atoms with E-state index in [1.807, 2.05) is 0 Å². The monoisotopic (exact) mass is 641 g/mol. The maximum atomic E-state index is 13.0. The van der Waals surface area contributed by atoms with Crippen molar-refractivity contribution in [2.24, 2.45) is 5.92 Å². The third-order valence-corrected chi connectivity index (χ3v) is 7.04. The van der Waals surface area contributed by atoms with E-state index in [9.17, 15) is 23.6 Å². The van der Waals surface area contributed by atoms with Gasteiger partial charge in [0.15, 0.2) is 42.0 Å². The molecule has 0 saturated heterocycles. The number of pyridine rings is 1. The van der Waals surface area contributed by atoms with E-state index < -0.39 is 31.3 Å². The molecule has 3 aromatic rings. The van der Waals surface area contributed by atoms with E-state index in [2.05, 4.69) is 4.74 Å². The lowest BCUT2D eigenvalue weighted by atomic mass is 10.0. The lowest BCUT2D eigenvalue weighted by molar-refractivity contribution is -0.605. The van der Waals surface area contributed by atoms with Gasteiger partial charge in [0, 0.05) is 12.0 Å². The highest BCUT2D eigenvalue weighted by Gasteiger charge is 2.27. The molecule has 0 N–H and O–H groups in total. The summed E-state index contributed by atoms with van der Waals surface area (Å²) in [5.41, 5.74) is 0.699. The first-order chi connectivity index (χ1) is 20.6. The van der Waals surface area contributed by atoms with Crippen molar-refractivity contribution in [1.29, 1.82) is 0 Å². The van der Waals surface area contributed by atoms with Crippen molar-refractivity contribution in [2.45, 2.75) is 32.0 Å². The maximum Gasteiger partial charge on any atom is 0.387 e. The molecule has 1 aliphatic rings. The minimum atomic E-state index is -3.09. The Balaban J connectivity index is 1.56. The Morgan fingerprint density at radius 3 is 2.28 bits per heavy atom. The molecule has 1 heterocycles. The SMILES string of the molecule is COc1ccc(C(=O)OCC(=O)O[C@@H](Cc2c(Cl)c[n+]([O-])cc2Cl)c2ccc(OC(F)F)c(OCC3CC3)c2)cc1OC. The van der Waals surface area contributed by atoms with Crippen LogP contribution in [-0.4, -0.2) is 46.0 Å². The Bertz CT molecular complexity index is 1450. The molecule has 230 valence electrons. The van der Waals surface area contributed by atoms with Crippen LogP contribution in [0.15, 0.2) is 48.8 Å². The smallest absolute Gasteiger partial charge is 0.387 e. The topological polar surface area (TPSA) is 116 Å². The van der Waals surface area contributed by atoms with Crippen molar-refractivity contribution < 1.29 is 51.5 Å². The number of methoxy groups -OCH3 is 2. The maximum absolute atomic E-state index is 13.0. The Morgan fingerprint density at radius 1 is 0.977 bits per heavy atom. The summed E-state index contributed by atoms with van der Waals surface area (Å²) >= 11 is 12.5. The summed E-state index contributed by atoms with van der Waals surface area (Å²) in [5.74, 6) is -0.952. The molecule has 0 unspecified atom stereocenters. The lowest BCUT2D eigenvalue weighted by Gasteiger charge is -2.21. The van der Waals surface area contributed by atoms with Crippen LogP contribution in [0.4, 0.5) is 8.78 Å². The van der Waals surface area contributed by atoms with E-state index in [1.54, 1.807) is 0 Å². The van der Waals surface area contributed by atoms with E-state index in [-0.39, 0.29) is 44.8 Å². The van der Waals surface area contributed by atoms with Crippen molar-refractivity contribution >= 4 is 35.1 Å². The Labute approximate surface area is 255 Å². The van der Waals surface area contributed by atoms with Crippen LogP contribution in [0.25, 0.3) is 0 Å². The van der Waals surface area contributed by atoms with Crippen LogP contribution in [0, 0.1) is 11.1 Å². The van der Waals surface area contributed by atoms with Crippen LogP contribution in [0.1, 0.15) is 40.4 Å². The first-order valence-electron chi connectivity index (χ1n) is 12.9. The van der Waals surface area contributed by atoms with Gasteiger partial charge in [0.2, 0.25) is 0 Å². The van der Waals surface area contributed by atoms with E-state index in [0.29, 0.717) is 28.6 Å². The molecular weight excluding hydrogens is 615 g/mol. The number of carbonyl (C=O) groups excluding carboxylic acids is 2. The van der Waals surface area contributed by atoms with Gasteiger partial charge in [0.25, 0.3) is 0 Å². The number of nitrogens with zero attached hydrogens (tertiary/aromatic N) is 1. The highest BCUT2D eigenvalue weighted by atomic mass is 35.5. The van der Waals surface area contributed by atoms with Gasteiger partial charge in [0.05, 0.1) is 26.4 Å². The second-order valence-corrected chi connectivity index (χ2v) is 10.3. The van der Waals surface area contributed by atoms with Crippen molar-refractivity contribution in [2.75, 3.05) is 27.4 Å². The summed E-state index contributed by atoms with van der Waals surface area (Å²) < 4.78 is 58.0. The summed E-state index contributed by atoms with van der Waals surface area (Å²) in [6.45, 7) is -3.57. The number of alkyl halides is 2. The van der Waals surface area contributed by atoms with Gasteiger partial charge < -0.3 is 33.6 Å². The molecule has 1 atom stereocenters. The summed E-state index contributed by atoms with van der Waals surface area (Å²) in [5, 5.41) is 11.8. The fourth-order valence-corrected chi connectivity index (χ4v) is 4.62. The number of esters is 2. The second-order valence-electron chi connectivity index (χ2n) is 9.46. The molecule has 1 aliphatic carbocycles. The molecule has 1 fully saturated rings. The third-order valence-electron chi connectivity index (χ3n) is 6.39. The second kappa shape index (κ2) is 14.4. The van der Waals surface area contributed by atoms with Crippen LogP contribution in [0.2, 0.25) is 10.0 Å². The number of ether oxygens (including phenoxy) is 6. The molecule has 14 heteroatoms. The van der Waals surface area contributed by atoms with Crippen LogP contribution in [0.3, 0.4) is 0 Å². The van der Waals surface area contributed by atoms with E-state index in [0.717, 1.165) is 25.2 Å². The molecule has 43 heavy (non-hydrogen) atoms. The summed E-state index contributed by atoms with van der Waals surface area (Å²) in [6.07, 6.45) is 2.83. The molecule has 1 saturated carbocycles. The number of rotatable bonds is 14. The Morgan fingerprint density at radius 2 is 1.65 bits per heavy atom. The van der Waals surface area contributed by atoms with Crippen LogP contribution >= 0.6 is 23.2 Å². The van der Waals surface area contributed by atoms with Crippen LogP contribution in [-0.2, 0) is 20.7 Å². The molecule has 4 rings (SSSR count). The lowest BCUT2D eigenvalue weighted by Crippen LogP contribution is -2.26. The van der Waals surface area contributed by atoms with E-state index in [4.69, 9.17) is 46.9 Å². The zero-order valence-corrected chi connectivity index (χ0v) is 24.5. The number of hydrogen-bond acceptors (Lipinski definition) is 9. The van der Waals surface area contributed by atoms with Gasteiger partial charge in [-0.2, -0.15) is 13.5 Å². The molecule has 10 nitrogen and oxygen atoms in total. The van der Waals surface area contributed by atoms with Gasteiger partial charge in [0.1, 0.15) is 16.1 Å². The summed E-state index contributed by atoms with van der Waals surface area (Å²) in [6, 6.07) is 8.42. The molecule has 0 spiro atoms. The van der Waals surface area contributed by atoms with E-state index in [1.165, 1.54) is 50.6 Å². The molecule has 0 amide bonds. The molecule has 0 aliphatic heterocycles. The van der Waals surface area contributed by atoms with Crippen LogP contribution in [0.5, 0.6) is 23.0 Å². The summed E-state index contributed by atoms with van der Waals surface area (Å²) in [7, 11) is 2.85. The van der Waals surface area contributed by atoms with Crippen LogP contribution < -0.4 is 23.7 Å². The number of hydrogen-bond donors (Lipinski definition) is 0. The van der Waals surface area contributed by atoms with Crippen molar-refractivity contribution in [3.8, 4) is 23.0 Å². The minimum absolute atomic E-state index is 0.00582. The normalized spacial score (nSPS) is 13.3. The van der Waals surface area contributed by atoms with Gasteiger partial charge in [-0.3, -0.25) is 0 Å². The zero-order chi connectivity index (χ0) is 31.1. The van der Waals surface area contributed by atoms with Gasteiger partial charge in [-0.15, -0.1) is 0 Å². The molecule has 1 aromatic heterocycles. The van der Waals surface area contributed by atoms with Gasteiger partial charge >= 0.3 is 18.6 Å². The molecule has 0 bridgehead atoms. The minimum Gasteiger partial charge on any atom is -0.619 e. The van der Waals surface area contributed by atoms with Gasteiger partial charge in [-0.1, -0.05) is 29.3 Å². The fourth-order valence-electron chi connectivity index (χ4n) is 4.03. The van der Waals surface area contributed by atoms with Crippen molar-refractivity contribution in [3.63, 3.8) is 0 Å². The average Bonchev–Trinajstić information content (AvgIpc) is 3.80. The van der Waals surface area contributed by atoms with E-state index >= 15 is 0 Å². The number of aromatic nitrogens is 1. The predicted molar refractivity (Wildman–Crippen MR) is 149 cm³/mol. The average molecular weight is 642 g/mol. The quantitative estimate of drug-likeness (QED) is 0.124. The number of halogens is 4. The molecular formula is C29H27Cl2F2NO9. The highest BCUT2D eigenvalue weighted by Crippen LogP contribution is 2.38. The molecule has 0 radical (unpaired) electrons. The summed E-state index contributed by atoms with van der Waals surface area (Å²) in [4.78, 5) is 25.5. The predicted octanol–water partition coefficient (Wildman–Crippen LogP) is 5.72. The first kappa shape index (κ1) is 31.9. The first-order valence-corrected chi connectivity index (χ1v) is 13.7. The Kier molecular flexibility index (Phi) is 10.7. The third kappa shape index (κ3) is 8.74.